The molecule has 34 heavy (non-hydrogen) atoms. The molecule has 3 aromatic heterocycles. The number of fused-ring (bicyclic) bond motifs is 1. The molecule has 0 aliphatic carbocycles. The van der Waals surface area contributed by atoms with Crippen molar-refractivity contribution in [3.8, 4) is 27.6 Å². The molecule has 0 radical (unpaired) electrons. The molecule has 0 bridgehead atoms. The van der Waals surface area contributed by atoms with Crippen molar-refractivity contribution < 1.29 is 4.74 Å². The summed E-state index contributed by atoms with van der Waals surface area (Å²) in [6.45, 7) is 5.91. The van der Waals surface area contributed by atoms with Gasteiger partial charge in [0, 0.05) is 11.1 Å². The smallest absolute Gasteiger partial charge is 0.334 e. The Kier molecular flexibility index (Phi) is 5.45. The molecule has 0 saturated heterocycles. The van der Waals surface area contributed by atoms with E-state index < -0.39 is 5.69 Å². The zero-order valence-electron chi connectivity index (χ0n) is 19.4. The Morgan fingerprint density at radius 2 is 1.85 bits per heavy atom. The maximum absolute atomic E-state index is 13.4. The van der Waals surface area contributed by atoms with Gasteiger partial charge in [0.05, 0.1) is 35.9 Å². The molecule has 1 N–H and O–H groups in total. The second-order valence-electron chi connectivity index (χ2n) is 8.16. The number of ether oxygens (including phenoxy) is 1. The number of hydrogen-bond acceptors (Lipinski definition) is 5. The summed E-state index contributed by atoms with van der Waals surface area (Å²) in [6, 6.07) is 13.4. The first-order valence-electron chi connectivity index (χ1n) is 11.0. The van der Waals surface area contributed by atoms with E-state index in [2.05, 4.69) is 16.9 Å². The van der Waals surface area contributed by atoms with Crippen LogP contribution >= 0.6 is 11.3 Å². The van der Waals surface area contributed by atoms with Crippen LogP contribution in [0.15, 0.2) is 64.6 Å². The monoisotopic (exact) mass is 472 g/mol. The Balaban J connectivity index is 1.66. The molecule has 0 saturated carbocycles. The molecule has 0 unspecified atom stereocenters. The quantitative estimate of drug-likeness (QED) is 0.399. The molecule has 172 valence electrons. The lowest BCUT2D eigenvalue weighted by molar-refractivity contribution is 0.413. The lowest BCUT2D eigenvalue weighted by Gasteiger charge is -2.11. The van der Waals surface area contributed by atoms with Crippen LogP contribution in [0.5, 0.6) is 5.75 Å². The average molecular weight is 473 g/mol. The topological polar surface area (TPSA) is 81.9 Å². The lowest BCUT2D eigenvalue weighted by atomic mass is 10.1. The van der Waals surface area contributed by atoms with E-state index in [4.69, 9.17) is 4.74 Å². The molecule has 8 heteroatoms. The van der Waals surface area contributed by atoms with Crippen molar-refractivity contribution in [1.82, 2.24) is 19.1 Å². The molecule has 0 spiro atoms. The fourth-order valence-electron chi connectivity index (χ4n) is 4.19. The van der Waals surface area contributed by atoms with Crippen molar-refractivity contribution in [3.05, 3.63) is 92.6 Å². The van der Waals surface area contributed by atoms with Gasteiger partial charge >= 0.3 is 5.69 Å². The van der Waals surface area contributed by atoms with Crippen molar-refractivity contribution in [2.24, 2.45) is 0 Å². The van der Waals surface area contributed by atoms with Crippen LogP contribution in [-0.2, 0) is 6.42 Å². The van der Waals surface area contributed by atoms with Crippen LogP contribution in [0.1, 0.15) is 23.7 Å². The molecule has 0 amide bonds. The van der Waals surface area contributed by atoms with Crippen molar-refractivity contribution in [2.45, 2.75) is 27.2 Å². The van der Waals surface area contributed by atoms with E-state index in [9.17, 15) is 9.59 Å². The summed E-state index contributed by atoms with van der Waals surface area (Å²) in [5, 5.41) is 0.521. The van der Waals surface area contributed by atoms with Gasteiger partial charge in [-0.1, -0.05) is 25.1 Å². The fraction of sp³-hybridized carbons (Fsp3) is 0.192. The highest BCUT2D eigenvalue weighted by atomic mass is 32.1. The van der Waals surface area contributed by atoms with Crippen LogP contribution in [0.4, 0.5) is 0 Å². The summed E-state index contributed by atoms with van der Waals surface area (Å²) in [5.41, 5.74) is 4.46. The SMILES string of the molecule is CCc1ccc(-n2c(=O)[nH]c3sc(-c4ccc(-n5cnc(C)c5)c(OC)c4)c(C)c3c2=O)cc1. The molecular weight excluding hydrogens is 448 g/mol. The highest BCUT2D eigenvalue weighted by molar-refractivity contribution is 7.22. The van der Waals surface area contributed by atoms with Crippen LogP contribution in [-0.4, -0.2) is 26.2 Å². The van der Waals surface area contributed by atoms with E-state index in [1.807, 2.05) is 67.1 Å². The van der Waals surface area contributed by atoms with Gasteiger partial charge in [0.2, 0.25) is 0 Å². The number of rotatable bonds is 5. The molecule has 0 atom stereocenters. The molecule has 7 nitrogen and oxygen atoms in total. The summed E-state index contributed by atoms with van der Waals surface area (Å²) in [4.78, 5) is 35.0. The first-order valence-corrected chi connectivity index (χ1v) is 11.8. The van der Waals surface area contributed by atoms with Crippen LogP contribution in [0.3, 0.4) is 0 Å². The highest BCUT2D eigenvalue weighted by Crippen LogP contribution is 2.38. The Morgan fingerprint density at radius 1 is 1.09 bits per heavy atom. The number of hydrogen-bond donors (Lipinski definition) is 1. The van der Waals surface area contributed by atoms with Gasteiger partial charge in [-0.15, -0.1) is 11.3 Å². The molecule has 2 aromatic carbocycles. The molecule has 3 heterocycles. The first kappa shape index (κ1) is 21.9. The Morgan fingerprint density at radius 3 is 2.50 bits per heavy atom. The average Bonchev–Trinajstić information content (AvgIpc) is 3.42. The second kappa shape index (κ2) is 8.46. The van der Waals surface area contributed by atoms with Gasteiger partial charge < -0.3 is 9.30 Å². The van der Waals surface area contributed by atoms with Gasteiger partial charge in [-0.25, -0.2) is 14.3 Å². The van der Waals surface area contributed by atoms with Gasteiger partial charge in [-0.05, 0) is 61.2 Å². The fourth-order valence-corrected chi connectivity index (χ4v) is 5.38. The third-order valence-electron chi connectivity index (χ3n) is 6.02. The molecule has 5 rings (SSSR count). The number of H-pyrrole nitrogens is 1. The van der Waals surface area contributed by atoms with Gasteiger partial charge in [0.15, 0.2) is 0 Å². The summed E-state index contributed by atoms with van der Waals surface area (Å²) < 4.78 is 8.77. The summed E-state index contributed by atoms with van der Waals surface area (Å²) in [5.74, 6) is 0.689. The molecule has 0 aliphatic rings. The van der Waals surface area contributed by atoms with Crippen LogP contribution < -0.4 is 16.0 Å². The normalized spacial score (nSPS) is 11.3. The summed E-state index contributed by atoms with van der Waals surface area (Å²) in [7, 11) is 1.63. The number of methoxy groups -OCH3 is 1. The minimum atomic E-state index is -0.446. The van der Waals surface area contributed by atoms with Crippen LogP contribution in [0.25, 0.3) is 32.0 Å². The number of aromatic nitrogens is 4. The van der Waals surface area contributed by atoms with Gasteiger partial charge in [-0.3, -0.25) is 9.78 Å². The Labute approximate surface area is 199 Å². The summed E-state index contributed by atoms with van der Waals surface area (Å²) in [6.07, 6.45) is 4.57. The number of aromatic amines is 1. The van der Waals surface area contributed by atoms with Crippen molar-refractivity contribution in [2.75, 3.05) is 7.11 Å². The number of imidazole rings is 1. The number of aryl methyl sites for hydroxylation is 3. The third kappa shape index (κ3) is 3.56. The maximum Gasteiger partial charge on any atom is 0.334 e. The predicted octanol–water partition coefficient (Wildman–Crippen LogP) is 4.78. The lowest BCUT2D eigenvalue weighted by Crippen LogP contribution is -2.33. The minimum Gasteiger partial charge on any atom is -0.495 e. The molecule has 5 aromatic rings. The first-order chi connectivity index (χ1) is 16.4. The van der Waals surface area contributed by atoms with E-state index >= 15 is 0 Å². The van der Waals surface area contributed by atoms with E-state index in [-0.39, 0.29) is 5.56 Å². The number of thiophene rings is 1. The summed E-state index contributed by atoms with van der Waals surface area (Å²) >= 11 is 1.40. The standard InChI is InChI=1S/C26H24N4O3S/c1-5-17-6-9-19(10-7-17)30-25(31)22-16(3)23(34-24(22)28-26(30)32)18-8-11-20(21(12-18)33-4)29-13-15(2)27-14-29/h6-14H,5H2,1-4H3,(H,28,32). The number of nitrogens with zero attached hydrogens (tertiary/aromatic N) is 3. The largest absolute Gasteiger partial charge is 0.495 e. The van der Waals surface area contributed by atoms with Gasteiger partial charge in [-0.2, -0.15) is 0 Å². The second-order valence-corrected chi connectivity index (χ2v) is 9.18. The van der Waals surface area contributed by atoms with E-state index in [0.29, 0.717) is 21.7 Å². The predicted molar refractivity (Wildman–Crippen MR) is 136 cm³/mol. The Hall–Kier alpha value is -3.91. The van der Waals surface area contributed by atoms with E-state index in [1.165, 1.54) is 15.9 Å². The zero-order valence-corrected chi connectivity index (χ0v) is 20.2. The Bertz CT molecular complexity index is 1640. The minimum absolute atomic E-state index is 0.319. The van der Waals surface area contributed by atoms with Gasteiger partial charge in [0.1, 0.15) is 10.6 Å². The maximum atomic E-state index is 13.4. The zero-order chi connectivity index (χ0) is 24.0. The van der Waals surface area contributed by atoms with E-state index in [1.54, 1.807) is 13.4 Å². The van der Waals surface area contributed by atoms with Gasteiger partial charge in [0.25, 0.3) is 5.56 Å². The van der Waals surface area contributed by atoms with E-state index in [0.717, 1.165) is 39.4 Å². The van der Waals surface area contributed by atoms with Crippen LogP contribution in [0.2, 0.25) is 0 Å². The van der Waals surface area contributed by atoms with Crippen molar-refractivity contribution in [3.63, 3.8) is 0 Å². The molecule has 0 aliphatic heterocycles. The van der Waals surface area contributed by atoms with Crippen LogP contribution in [0, 0.1) is 13.8 Å². The highest BCUT2D eigenvalue weighted by Gasteiger charge is 2.19. The molecular formula is C26H24N4O3S. The van der Waals surface area contributed by atoms with Crippen molar-refractivity contribution >= 4 is 21.6 Å². The number of benzene rings is 2. The number of nitrogens with one attached hydrogen (secondary N) is 1. The molecule has 0 fully saturated rings. The van der Waals surface area contributed by atoms with Crippen molar-refractivity contribution in [1.29, 1.82) is 0 Å². The third-order valence-corrected chi connectivity index (χ3v) is 7.28.